The van der Waals surface area contributed by atoms with Crippen molar-refractivity contribution in [3.8, 4) is 5.75 Å². The third-order valence-corrected chi connectivity index (χ3v) is 5.00. The summed E-state index contributed by atoms with van der Waals surface area (Å²) in [5.41, 5.74) is 4.31. The van der Waals surface area contributed by atoms with E-state index >= 15 is 0 Å². The van der Waals surface area contributed by atoms with Gasteiger partial charge in [0.15, 0.2) is 5.11 Å². The summed E-state index contributed by atoms with van der Waals surface area (Å²) in [6.07, 6.45) is 1.68. The summed E-state index contributed by atoms with van der Waals surface area (Å²) >= 11 is 5.75. The van der Waals surface area contributed by atoms with Crippen molar-refractivity contribution < 1.29 is 9.15 Å². The monoisotopic (exact) mass is 409 g/mol. The number of aryl methyl sites for hydroxylation is 1. The highest BCUT2D eigenvalue weighted by Crippen LogP contribution is 2.26. The molecule has 29 heavy (non-hydrogen) atoms. The predicted octanol–water partition coefficient (Wildman–Crippen LogP) is 5.06. The minimum atomic E-state index is 0.572. The number of hydrogen-bond donors (Lipinski definition) is 1. The predicted molar refractivity (Wildman–Crippen MR) is 123 cm³/mol. The quantitative estimate of drug-likeness (QED) is 0.550. The number of hydrogen-bond acceptors (Lipinski definition) is 4. The van der Waals surface area contributed by atoms with Gasteiger partial charge >= 0.3 is 0 Å². The molecule has 0 atom stereocenters. The van der Waals surface area contributed by atoms with Gasteiger partial charge in [-0.1, -0.05) is 18.2 Å². The van der Waals surface area contributed by atoms with Gasteiger partial charge in [-0.05, 0) is 66.7 Å². The molecule has 5 nitrogen and oxygen atoms in total. The molecule has 3 rings (SSSR count). The van der Waals surface area contributed by atoms with Gasteiger partial charge in [-0.2, -0.15) is 0 Å². The van der Waals surface area contributed by atoms with Gasteiger partial charge in [0.2, 0.25) is 0 Å². The van der Waals surface area contributed by atoms with Gasteiger partial charge in [-0.25, -0.2) is 0 Å². The van der Waals surface area contributed by atoms with Crippen molar-refractivity contribution in [3.63, 3.8) is 0 Å². The molecule has 1 heterocycles. The zero-order valence-electron chi connectivity index (χ0n) is 17.3. The lowest BCUT2D eigenvalue weighted by Gasteiger charge is -2.26. The van der Waals surface area contributed by atoms with Crippen molar-refractivity contribution >= 4 is 28.7 Å². The smallest absolute Gasteiger partial charge is 0.174 e. The molecule has 0 fully saturated rings. The molecule has 0 aliphatic rings. The number of benzene rings is 2. The van der Waals surface area contributed by atoms with Crippen LogP contribution in [0.4, 0.5) is 11.4 Å². The summed E-state index contributed by atoms with van der Waals surface area (Å²) in [7, 11) is 5.73. The molecule has 2 aromatic carbocycles. The van der Waals surface area contributed by atoms with Crippen molar-refractivity contribution in [1.29, 1.82) is 0 Å². The summed E-state index contributed by atoms with van der Waals surface area (Å²) in [5, 5.41) is 3.94. The normalized spacial score (nSPS) is 10.5. The maximum atomic E-state index is 5.75. The minimum Gasteiger partial charge on any atom is -0.495 e. The van der Waals surface area contributed by atoms with Crippen LogP contribution in [0.5, 0.6) is 5.75 Å². The van der Waals surface area contributed by atoms with Crippen LogP contribution >= 0.6 is 12.2 Å². The Morgan fingerprint density at radius 1 is 1.07 bits per heavy atom. The summed E-state index contributed by atoms with van der Waals surface area (Å²) in [5.74, 6) is 1.62. The first kappa shape index (κ1) is 20.7. The lowest BCUT2D eigenvalue weighted by Crippen LogP contribution is -2.33. The van der Waals surface area contributed by atoms with Gasteiger partial charge in [0.1, 0.15) is 11.5 Å². The fourth-order valence-corrected chi connectivity index (χ4v) is 3.25. The molecular weight excluding hydrogens is 382 g/mol. The number of furan rings is 1. The van der Waals surface area contributed by atoms with E-state index in [1.54, 1.807) is 13.4 Å². The molecule has 3 aromatic rings. The first-order chi connectivity index (χ1) is 14.0. The topological polar surface area (TPSA) is 40.9 Å². The molecule has 0 bridgehead atoms. The van der Waals surface area contributed by atoms with Crippen LogP contribution in [0.1, 0.15) is 16.9 Å². The maximum absolute atomic E-state index is 5.75. The van der Waals surface area contributed by atoms with E-state index in [-0.39, 0.29) is 0 Å². The number of thiocarbonyl (C=S) groups is 1. The Labute approximate surface area is 177 Å². The van der Waals surface area contributed by atoms with E-state index < -0.39 is 0 Å². The second-order valence-electron chi connectivity index (χ2n) is 7.13. The average molecular weight is 410 g/mol. The Morgan fingerprint density at radius 2 is 1.83 bits per heavy atom. The van der Waals surface area contributed by atoms with Gasteiger partial charge in [0.25, 0.3) is 0 Å². The van der Waals surface area contributed by atoms with Crippen LogP contribution in [0.2, 0.25) is 0 Å². The van der Waals surface area contributed by atoms with Crippen molar-refractivity contribution in [2.45, 2.75) is 20.0 Å². The van der Waals surface area contributed by atoms with Gasteiger partial charge in [-0.15, -0.1) is 0 Å². The van der Waals surface area contributed by atoms with E-state index in [1.165, 1.54) is 5.56 Å². The standard InChI is InChI=1S/C23H27N3O2S/c1-17-7-12-21(22(14-17)27-4)24-23(29)26(16-20-6-5-13-28-20)15-18-8-10-19(11-9-18)25(2)3/h5-14H,15-16H2,1-4H3,(H,24,29). The highest BCUT2D eigenvalue weighted by atomic mass is 32.1. The lowest BCUT2D eigenvalue weighted by atomic mass is 10.2. The number of methoxy groups -OCH3 is 1. The molecule has 0 unspecified atom stereocenters. The molecule has 0 aliphatic heterocycles. The van der Waals surface area contributed by atoms with E-state index in [4.69, 9.17) is 21.4 Å². The van der Waals surface area contributed by atoms with Crippen molar-refractivity contribution in [1.82, 2.24) is 4.90 Å². The van der Waals surface area contributed by atoms with E-state index in [0.717, 1.165) is 28.4 Å². The van der Waals surface area contributed by atoms with Crippen LogP contribution in [0.3, 0.4) is 0 Å². The second kappa shape index (κ2) is 9.47. The zero-order chi connectivity index (χ0) is 20.8. The van der Waals surface area contributed by atoms with Gasteiger partial charge in [0, 0.05) is 26.3 Å². The highest BCUT2D eigenvalue weighted by molar-refractivity contribution is 7.80. The summed E-state index contributed by atoms with van der Waals surface area (Å²) in [6.45, 7) is 3.27. The average Bonchev–Trinajstić information content (AvgIpc) is 3.22. The maximum Gasteiger partial charge on any atom is 0.174 e. The van der Waals surface area contributed by atoms with Gasteiger partial charge < -0.3 is 24.3 Å². The van der Waals surface area contributed by atoms with Crippen LogP contribution < -0.4 is 15.0 Å². The van der Waals surface area contributed by atoms with Crippen molar-refractivity contribution in [2.75, 3.05) is 31.4 Å². The molecule has 152 valence electrons. The molecule has 1 N–H and O–H groups in total. The third kappa shape index (κ3) is 5.51. The largest absolute Gasteiger partial charge is 0.495 e. The Morgan fingerprint density at radius 3 is 2.45 bits per heavy atom. The Balaban J connectivity index is 1.80. The zero-order valence-corrected chi connectivity index (χ0v) is 18.1. The highest BCUT2D eigenvalue weighted by Gasteiger charge is 2.15. The van der Waals surface area contributed by atoms with E-state index in [0.29, 0.717) is 18.2 Å². The first-order valence-electron chi connectivity index (χ1n) is 9.45. The Kier molecular flexibility index (Phi) is 6.77. The molecular formula is C23H27N3O2S. The Hall–Kier alpha value is -2.99. The van der Waals surface area contributed by atoms with E-state index in [2.05, 4.69) is 39.4 Å². The van der Waals surface area contributed by atoms with Crippen molar-refractivity contribution in [3.05, 3.63) is 77.7 Å². The molecule has 0 saturated carbocycles. The number of anilines is 2. The second-order valence-corrected chi connectivity index (χ2v) is 7.52. The summed E-state index contributed by atoms with van der Waals surface area (Å²) in [4.78, 5) is 4.17. The number of nitrogens with zero attached hydrogens (tertiary/aromatic N) is 2. The number of rotatable bonds is 7. The van der Waals surface area contributed by atoms with E-state index in [9.17, 15) is 0 Å². The fourth-order valence-electron chi connectivity index (χ4n) is 3.01. The Bertz CT molecular complexity index is 937. The van der Waals surface area contributed by atoms with Crippen LogP contribution in [-0.4, -0.2) is 31.2 Å². The SMILES string of the molecule is COc1cc(C)ccc1NC(=S)N(Cc1ccc(N(C)C)cc1)Cc1ccco1. The van der Waals surface area contributed by atoms with Crippen LogP contribution in [0, 0.1) is 6.92 Å². The molecule has 0 spiro atoms. The number of nitrogens with one attached hydrogen (secondary N) is 1. The fraction of sp³-hybridized carbons (Fsp3) is 0.261. The summed E-state index contributed by atoms with van der Waals surface area (Å²) in [6, 6.07) is 18.3. The number of ether oxygens (including phenoxy) is 1. The van der Waals surface area contributed by atoms with Gasteiger partial charge in [-0.3, -0.25) is 0 Å². The molecule has 0 saturated heterocycles. The molecule has 0 aliphatic carbocycles. The first-order valence-corrected chi connectivity index (χ1v) is 9.86. The van der Waals surface area contributed by atoms with Crippen LogP contribution in [0.15, 0.2) is 65.3 Å². The van der Waals surface area contributed by atoms with Crippen LogP contribution in [-0.2, 0) is 13.1 Å². The minimum absolute atomic E-state index is 0.572. The molecule has 1 aromatic heterocycles. The van der Waals surface area contributed by atoms with E-state index in [1.807, 2.05) is 51.4 Å². The van der Waals surface area contributed by atoms with Crippen LogP contribution in [0.25, 0.3) is 0 Å². The van der Waals surface area contributed by atoms with Crippen molar-refractivity contribution in [2.24, 2.45) is 0 Å². The van der Waals surface area contributed by atoms with Gasteiger partial charge in [0.05, 0.1) is 25.6 Å². The third-order valence-electron chi connectivity index (χ3n) is 4.64. The molecule has 0 amide bonds. The molecule has 0 radical (unpaired) electrons. The summed E-state index contributed by atoms with van der Waals surface area (Å²) < 4.78 is 11.1. The lowest BCUT2D eigenvalue weighted by molar-refractivity contribution is 0.360. The molecule has 6 heteroatoms.